The van der Waals surface area contributed by atoms with Crippen molar-refractivity contribution in [2.24, 2.45) is 0 Å². The molecule has 6 nitrogen and oxygen atoms in total. The zero-order valence-corrected chi connectivity index (χ0v) is 16.4. The fourth-order valence-electron chi connectivity index (χ4n) is 3.25. The fraction of sp³-hybridized carbons (Fsp3) is 0.333. The first-order valence-corrected chi connectivity index (χ1v) is 9.46. The van der Waals surface area contributed by atoms with Gasteiger partial charge in [-0.15, -0.1) is 0 Å². The minimum atomic E-state index is -0.398. The second kappa shape index (κ2) is 8.39. The number of hydrogen-bond acceptors (Lipinski definition) is 3. The number of fused-ring (bicyclic) bond motifs is 1. The lowest BCUT2D eigenvalue weighted by Crippen LogP contribution is -2.27. The van der Waals surface area contributed by atoms with Crippen LogP contribution in [-0.4, -0.2) is 41.3 Å². The molecule has 0 saturated heterocycles. The van der Waals surface area contributed by atoms with Gasteiger partial charge in [0.05, 0.1) is 11.3 Å². The standard InChI is InChI=1S/C21H25FN4O2/c1-4-26(5-2)9-8-20(27)24-19-12-23-18(13(19)3)11-16-15-10-14(22)6-7-17(15)25-21(16)28/h6-7,10-12,23H,4-5,8-9H2,1-3H3,(H,24,27)(H,25,28)/b16-11-. The molecular weight excluding hydrogens is 359 g/mol. The smallest absolute Gasteiger partial charge is 0.256 e. The maximum Gasteiger partial charge on any atom is 0.256 e. The Kier molecular flexibility index (Phi) is 5.94. The van der Waals surface area contributed by atoms with Gasteiger partial charge in [-0.25, -0.2) is 4.39 Å². The normalized spacial score (nSPS) is 14.5. The minimum absolute atomic E-state index is 0.0563. The average molecular weight is 384 g/mol. The van der Waals surface area contributed by atoms with E-state index in [1.54, 1.807) is 18.3 Å². The van der Waals surface area contributed by atoms with Crippen molar-refractivity contribution >= 4 is 34.8 Å². The van der Waals surface area contributed by atoms with Crippen LogP contribution in [0.3, 0.4) is 0 Å². The first-order valence-electron chi connectivity index (χ1n) is 9.46. The highest BCUT2D eigenvalue weighted by molar-refractivity contribution is 6.34. The highest BCUT2D eigenvalue weighted by atomic mass is 19.1. The Labute approximate surface area is 163 Å². The molecule has 1 aromatic heterocycles. The van der Waals surface area contributed by atoms with Crippen LogP contribution in [0.4, 0.5) is 15.8 Å². The Morgan fingerprint density at radius 1 is 1.29 bits per heavy atom. The maximum absolute atomic E-state index is 13.6. The van der Waals surface area contributed by atoms with Crippen molar-refractivity contribution in [3.63, 3.8) is 0 Å². The molecule has 0 atom stereocenters. The number of nitrogens with zero attached hydrogens (tertiary/aromatic N) is 1. The Morgan fingerprint density at radius 3 is 2.75 bits per heavy atom. The quantitative estimate of drug-likeness (QED) is 0.638. The van der Waals surface area contributed by atoms with Crippen molar-refractivity contribution < 1.29 is 14.0 Å². The van der Waals surface area contributed by atoms with Crippen molar-refractivity contribution in [1.82, 2.24) is 9.88 Å². The fourth-order valence-corrected chi connectivity index (χ4v) is 3.25. The van der Waals surface area contributed by atoms with E-state index < -0.39 is 5.82 Å². The first kappa shape index (κ1) is 19.8. The number of H-pyrrole nitrogens is 1. The van der Waals surface area contributed by atoms with E-state index in [-0.39, 0.29) is 11.8 Å². The minimum Gasteiger partial charge on any atom is -0.360 e. The highest BCUT2D eigenvalue weighted by Crippen LogP contribution is 2.34. The van der Waals surface area contributed by atoms with Crippen LogP contribution in [0.5, 0.6) is 0 Å². The van der Waals surface area contributed by atoms with Crippen LogP contribution >= 0.6 is 0 Å². The van der Waals surface area contributed by atoms with Gasteiger partial charge in [0.2, 0.25) is 5.91 Å². The third-order valence-corrected chi connectivity index (χ3v) is 5.06. The number of anilines is 2. The topological polar surface area (TPSA) is 77.2 Å². The molecule has 0 aliphatic carbocycles. The monoisotopic (exact) mass is 384 g/mol. The van der Waals surface area contributed by atoms with E-state index in [0.717, 1.165) is 18.7 Å². The average Bonchev–Trinajstić information content (AvgIpc) is 3.17. The van der Waals surface area contributed by atoms with E-state index in [9.17, 15) is 14.0 Å². The van der Waals surface area contributed by atoms with Gasteiger partial charge in [0.25, 0.3) is 5.91 Å². The highest BCUT2D eigenvalue weighted by Gasteiger charge is 2.25. The number of amides is 2. The van der Waals surface area contributed by atoms with Crippen LogP contribution < -0.4 is 10.6 Å². The van der Waals surface area contributed by atoms with Crippen molar-refractivity contribution in [3.05, 3.63) is 47.0 Å². The third kappa shape index (κ3) is 4.14. The number of carbonyl (C=O) groups excluding carboxylic acids is 2. The summed E-state index contributed by atoms with van der Waals surface area (Å²) >= 11 is 0. The van der Waals surface area contributed by atoms with Gasteiger partial charge >= 0.3 is 0 Å². The van der Waals surface area contributed by atoms with Crippen molar-refractivity contribution in [1.29, 1.82) is 0 Å². The molecule has 3 rings (SSSR count). The molecule has 3 N–H and O–H groups in total. The molecule has 7 heteroatoms. The molecule has 0 saturated carbocycles. The summed E-state index contributed by atoms with van der Waals surface area (Å²) in [6, 6.07) is 4.20. The van der Waals surface area contributed by atoms with Gasteiger partial charge in [0.1, 0.15) is 5.82 Å². The molecule has 0 spiro atoms. The van der Waals surface area contributed by atoms with E-state index in [4.69, 9.17) is 0 Å². The summed E-state index contributed by atoms with van der Waals surface area (Å²) in [5, 5.41) is 5.64. The number of aromatic amines is 1. The maximum atomic E-state index is 13.6. The lowest BCUT2D eigenvalue weighted by atomic mass is 10.0. The first-order chi connectivity index (χ1) is 13.4. The molecule has 0 unspecified atom stereocenters. The summed E-state index contributed by atoms with van der Waals surface area (Å²) in [6.45, 7) is 8.54. The molecule has 1 aliphatic rings. The lowest BCUT2D eigenvalue weighted by Gasteiger charge is -2.17. The summed E-state index contributed by atoms with van der Waals surface area (Å²) < 4.78 is 13.6. The Balaban J connectivity index is 1.75. The molecule has 1 aliphatic heterocycles. The molecule has 2 aromatic rings. The van der Waals surface area contributed by atoms with Gasteiger partial charge < -0.3 is 20.5 Å². The van der Waals surface area contributed by atoms with Crippen LogP contribution in [0, 0.1) is 12.7 Å². The predicted molar refractivity (Wildman–Crippen MR) is 109 cm³/mol. The molecule has 2 heterocycles. The molecule has 148 valence electrons. The molecule has 2 amide bonds. The number of benzene rings is 1. The number of halogens is 1. The summed E-state index contributed by atoms with van der Waals surface area (Å²) in [6.07, 6.45) is 3.80. The number of rotatable bonds is 7. The van der Waals surface area contributed by atoms with Crippen LogP contribution in [-0.2, 0) is 9.59 Å². The van der Waals surface area contributed by atoms with Gasteiger partial charge in [0.15, 0.2) is 0 Å². The molecule has 28 heavy (non-hydrogen) atoms. The third-order valence-electron chi connectivity index (χ3n) is 5.06. The molecule has 0 fully saturated rings. The Morgan fingerprint density at radius 2 is 2.04 bits per heavy atom. The zero-order chi connectivity index (χ0) is 20.3. The van der Waals surface area contributed by atoms with Crippen LogP contribution in [0.25, 0.3) is 11.6 Å². The van der Waals surface area contributed by atoms with Crippen LogP contribution in [0.2, 0.25) is 0 Å². The molecule has 0 radical (unpaired) electrons. The van der Waals surface area contributed by atoms with E-state index in [1.807, 2.05) is 6.92 Å². The van der Waals surface area contributed by atoms with Crippen molar-refractivity contribution in [2.75, 3.05) is 30.3 Å². The second-order valence-electron chi connectivity index (χ2n) is 6.77. The van der Waals surface area contributed by atoms with E-state index in [1.165, 1.54) is 12.1 Å². The van der Waals surface area contributed by atoms with Gasteiger partial charge in [-0.05, 0) is 49.9 Å². The number of carbonyl (C=O) groups is 2. The van der Waals surface area contributed by atoms with Crippen LogP contribution in [0.15, 0.2) is 24.4 Å². The number of nitrogens with one attached hydrogen (secondary N) is 3. The SMILES string of the molecule is CCN(CC)CCC(=O)Nc1c[nH]c(/C=C2\C(=O)Nc3ccc(F)cc32)c1C. The van der Waals surface area contributed by atoms with Gasteiger partial charge in [-0.1, -0.05) is 13.8 Å². The van der Waals surface area contributed by atoms with E-state index in [0.29, 0.717) is 41.2 Å². The zero-order valence-electron chi connectivity index (χ0n) is 16.4. The Hall–Kier alpha value is -2.93. The van der Waals surface area contributed by atoms with Gasteiger partial charge in [-0.2, -0.15) is 0 Å². The molecule has 1 aromatic carbocycles. The van der Waals surface area contributed by atoms with Gasteiger partial charge in [-0.3, -0.25) is 9.59 Å². The van der Waals surface area contributed by atoms with E-state index in [2.05, 4.69) is 34.4 Å². The lowest BCUT2D eigenvalue weighted by molar-refractivity contribution is -0.116. The van der Waals surface area contributed by atoms with Gasteiger partial charge in [0, 0.05) is 36.1 Å². The predicted octanol–water partition coefficient (Wildman–Crippen LogP) is 3.63. The summed E-state index contributed by atoms with van der Waals surface area (Å²) in [4.78, 5) is 29.8. The molecule has 0 bridgehead atoms. The van der Waals surface area contributed by atoms with Crippen LogP contribution in [0.1, 0.15) is 37.1 Å². The largest absolute Gasteiger partial charge is 0.360 e. The number of aromatic nitrogens is 1. The molecular formula is C21H25FN4O2. The summed E-state index contributed by atoms with van der Waals surface area (Å²) in [5.41, 5.74) is 3.70. The van der Waals surface area contributed by atoms with E-state index >= 15 is 0 Å². The van der Waals surface area contributed by atoms with Crippen molar-refractivity contribution in [2.45, 2.75) is 27.2 Å². The summed E-state index contributed by atoms with van der Waals surface area (Å²) in [7, 11) is 0. The summed E-state index contributed by atoms with van der Waals surface area (Å²) in [5.74, 6) is -0.732. The Bertz CT molecular complexity index is 928. The number of hydrogen-bond donors (Lipinski definition) is 3. The van der Waals surface area contributed by atoms with Crippen molar-refractivity contribution in [3.8, 4) is 0 Å². The second-order valence-corrected chi connectivity index (χ2v) is 6.77.